The second-order valence-corrected chi connectivity index (χ2v) is 11.0. The number of carbonyl (C=O) groups is 2. The van der Waals surface area contributed by atoms with E-state index in [4.69, 9.17) is 4.74 Å². The summed E-state index contributed by atoms with van der Waals surface area (Å²) in [5.41, 5.74) is 6.46. The van der Waals surface area contributed by atoms with Gasteiger partial charge >= 0.3 is 0 Å². The van der Waals surface area contributed by atoms with Crippen LogP contribution in [0.15, 0.2) is 47.4 Å². The number of sulfonamides is 1. The molecule has 192 valence electrons. The van der Waals surface area contributed by atoms with Gasteiger partial charge in [0.2, 0.25) is 10.0 Å². The minimum atomic E-state index is -3.66. The lowest BCUT2D eigenvalue weighted by Crippen LogP contribution is -2.40. The number of morpholine rings is 1. The summed E-state index contributed by atoms with van der Waals surface area (Å²) in [4.78, 5) is 31.1. The van der Waals surface area contributed by atoms with Gasteiger partial charge in [-0.05, 0) is 68.4 Å². The molecule has 2 aliphatic heterocycles. The number of hydrogen-bond donors (Lipinski definition) is 3. The Labute approximate surface area is 215 Å². The van der Waals surface area contributed by atoms with Crippen molar-refractivity contribution in [3.05, 3.63) is 70.5 Å². The molecule has 3 aromatic rings. The van der Waals surface area contributed by atoms with Crippen LogP contribution in [0.4, 0.5) is 5.69 Å². The highest BCUT2D eigenvalue weighted by molar-refractivity contribution is 7.89. The van der Waals surface area contributed by atoms with E-state index in [0.717, 1.165) is 28.1 Å². The van der Waals surface area contributed by atoms with Crippen LogP contribution in [0.25, 0.3) is 22.8 Å². The average molecular weight is 521 g/mol. The number of aromatic nitrogens is 1. The summed E-state index contributed by atoms with van der Waals surface area (Å²) >= 11 is 0. The fraction of sp³-hybridized carbons (Fsp3) is 0.259. The third-order valence-electron chi connectivity index (χ3n) is 6.81. The number of aryl methyl sites for hydroxylation is 1. The maximum atomic E-state index is 13.0. The molecule has 1 aromatic heterocycles. The van der Waals surface area contributed by atoms with Gasteiger partial charge in [0.05, 0.1) is 23.7 Å². The number of anilines is 1. The van der Waals surface area contributed by atoms with Crippen LogP contribution in [0.1, 0.15) is 32.9 Å². The molecule has 5 rings (SSSR count). The van der Waals surface area contributed by atoms with E-state index in [1.165, 1.54) is 19.2 Å². The van der Waals surface area contributed by atoms with Gasteiger partial charge in [-0.1, -0.05) is 12.1 Å². The molecule has 37 heavy (non-hydrogen) atoms. The highest BCUT2D eigenvalue weighted by Crippen LogP contribution is 2.37. The Balaban J connectivity index is 1.52. The number of rotatable bonds is 5. The topological polar surface area (TPSA) is 121 Å². The predicted octanol–water partition coefficient (Wildman–Crippen LogP) is 3.17. The van der Waals surface area contributed by atoms with Crippen LogP contribution in [-0.2, 0) is 19.6 Å². The molecule has 0 atom stereocenters. The molecule has 0 radical (unpaired) electrons. The quantitative estimate of drug-likeness (QED) is 0.447. The predicted molar refractivity (Wildman–Crippen MR) is 142 cm³/mol. The first-order valence-electron chi connectivity index (χ1n) is 12.0. The fourth-order valence-corrected chi connectivity index (χ4v) is 5.60. The van der Waals surface area contributed by atoms with Crippen LogP contribution < -0.4 is 10.0 Å². The maximum absolute atomic E-state index is 13.0. The molecule has 0 spiro atoms. The number of nitrogens with zero attached hydrogens (tertiary/aromatic N) is 1. The molecule has 0 unspecified atom stereocenters. The Bertz CT molecular complexity index is 1550. The minimum absolute atomic E-state index is 0.0232. The first-order valence-corrected chi connectivity index (χ1v) is 13.5. The Morgan fingerprint density at radius 1 is 1.11 bits per heavy atom. The van der Waals surface area contributed by atoms with Crippen molar-refractivity contribution in [1.82, 2.24) is 14.6 Å². The number of amides is 2. The summed E-state index contributed by atoms with van der Waals surface area (Å²) in [5.74, 6) is -0.329. The number of nitrogens with one attached hydrogen (secondary N) is 3. The van der Waals surface area contributed by atoms with E-state index < -0.39 is 10.0 Å². The van der Waals surface area contributed by atoms with E-state index in [1.54, 1.807) is 17.0 Å². The third kappa shape index (κ3) is 4.59. The molecule has 3 N–H and O–H groups in total. The maximum Gasteiger partial charge on any atom is 0.256 e. The van der Waals surface area contributed by atoms with Crippen molar-refractivity contribution < 1.29 is 22.7 Å². The molecule has 9 nitrogen and oxygen atoms in total. The van der Waals surface area contributed by atoms with Gasteiger partial charge in [-0.3, -0.25) is 9.59 Å². The third-order valence-corrected chi connectivity index (χ3v) is 8.23. The van der Waals surface area contributed by atoms with Crippen molar-refractivity contribution in [2.75, 3.05) is 38.7 Å². The second-order valence-electron chi connectivity index (χ2n) is 9.08. The van der Waals surface area contributed by atoms with Crippen molar-refractivity contribution in [1.29, 1.82) is 0 Å². The van der Waals surface area contributed by atoms with Crippen LogP contribution >= 0.6 is 0 Å². The number of hydrogen-bond acceptors (Lipinski definition) is 5. The largest absolute Gasteiger partial charge is 0.378 e. The van der Waals surface area contributed by atoms with Crippen molar-refractivity contribution in [2.45, 2.75) is 18.7 Å². The van der Waals surface area contributed by atoms with Gasteiger partial charge in [-0.25, -0.2) is 13.1 Å². The highest BCUT2D eigenvalue weighted by Gasteiger charge is 2.27. The zero-order valence-corrected chi connectivity index (χ0v) is 21.7. The number of fused-ring (bicyclic) bond motifs is 1. The van der Waals surface area contributed by atoms with Gasteiger partial charge in [0.15, 0.2) is 0 Å². The average Bonchev–Trinajstić information content (AvgIpc) is 3.37. The zero-order valence-electron chi connectivity index (χ0n) is 20.8. The SMILES string of the molecule is CNS(=O)(=O)c1ccc2c(c1)C(=Cc1[nH]c(C)c(-c3cccc(C(=O)N4CCOCC4)c3)c1C)C(=O)N2. The number of benzene rings is 2. The lowest BCUT2D eigenvalue weighted by atomic mass is 9.98. The lowest BCUT2D eigenvalue weighted by Gasteiger charge is -2.27. The van der Waals surface area contributed by atoms with Gasteiger partial charge in [0, 0.05) is 46.9 Å². The number of H-pyrrole nitrogens is 1. The molecular weight excluding hydrogens is 492 g/mol. The molecule has 1 saturated heterocycles. The Kier molecular flexibility index (Phi) is 6.49. The summed E-state index contributed by atoms with van der Waals surface area (Å²) in [5, 5.41) is 2.80. The summed E-state index contributed by atoms with van der Waals surface area (Å²) < 4.78 is 32.3. The van der Waals surface area contributed by atoms with E-state index in [0.29, 0.717) is 48.7 Å². The smallest absolute Gasteiger partial charge is 0.256 e. The highest BCUT2D eigenvalue weighted by atomic mass is 32.2. The van der Waals surface area contributed by atoms with Gasteiger partial charge in [-0.2, -0.15) is 0 Å². The molecule has 2 aliphatic rings. The van der Waals surface area contributed by atoms with E-state index in [1.807, 2.05) is 38.1 Å². The summed E-state index contributed by atoms with van der Waals surface area (Å²) in [7, 11) is -2.32. The Hall–Kier alpha value is -3.73. The molecule has 10 heteroatoms. The molecule has 3 heterocycles. The van der Waals surface area contributed by atoms with Gasteiger partial charge in [0.25, 0.3) is 11.8 Å². The Morgan fingerprint density at radius 2 is 1.86 bits per heavy atom. The zero-order chi connectivity index (χ0) is 26.3. The van der Waals surface area contributed by atoms with Crippen molar-refractivity contribution in [3.8, 4) is 11.1 Å². The molecule has 2 aromatic carbocycles. The molecule has 0 saturated carbocycles. The summed E-state index contributed by atoms with van der Waals surface area (Å²) in [6.07, 6.45) is 1.74. The van der Waals surface area contributed by atoms with E-state index in [2.05, 4.69) is 15.0 Å². The summed E-state index contributed by atoms with van der Waals surface area (Å²) in [6.45, 7) is 6.13. The number of aromatic amines is 1. The summed E-state index contributed by atoms with van der Waals surface area (Å²) in [6, 6.07) is 12.1. The van der Waals surface area contributed by atoms with Crippen LogP contribution in [-0.4, -0.2) is 63.5 Å². The van der Waals surface area contributed by atoms with E-state index in [9.17, 15) is 18.0 Å². The van der Waals surface area contributed by atoms with Crippen molar-refractivity contribution >= 4 is 39.2 Å². The van der Waals surface area contributed by atoms with Gasteiger partial charge < -0.3 is 19.9 Å². The van der Waals surface area contributed by atoms with Crippen LogP contribution in [0, 0.1) is 13.8 Å². The minimum Gasteiger partial charge on any atom is -0.378 e. The van der Waals surface area contributed by atoms with E-state index in [-0.39, 0.29) is 16.7 Å². The van der Waals surface area contributed by atoms with Crippen LogP contribution in [0.5, 0.6) is 0 Å². The molecule has 2 amide bonds. The van der Waals surface area contributed by atoms with Gasteiger partial charge in [-0.15, -0.1) is 0 Å². The first kappa shape index (κ1) is 24.9. The first-order chi connectivity index (χ1) is 17.7. The molecule has 1 fully saturated rings. The lowest BCUT2D eigenvalue weighted by molar-refractivity contribution is -0.110. The van der Waals surface area contributed by atoms with Crippen molar-refractivity contribution in [2.24, 2.45) is 0 Å². The monoisotopic (exact) mass is 520 g/mol. The molecule has 0 aliphatic carbocycles. The van der Waals surface area contributed by atoms with Gasteiger partial charge in [0.1, 0.15) is 0 Å². The van der Waals surface area contributed by atoms with Crippen LogP contribution in [0.2, 0.25) is 0 Å². The van der Waals surface area contributed by atoms with E-state index >= 15 is 0 Å². The molecular formula is C27H28N4O5S. The number of ether oxygens (including phenoxy) is 1. The molecule has 0 bridgehead atoms. The number of carbonyl (C=O) groups excluding carboxylic acids is 2. The standard InChI is InChI=1S/C27H28N4O5S/c1-16-24(15-22-21-14-20(37(34,35)28-3)7-8-23(21)30-26(22)32)29-17(2)25(16)18-5-4-6-19(13-18)27(33)31-9-11-36-12-10-31/h4-8,13-15,28-29H,9-12H2,1-3H3,(H,30,32). The second kappa shape index (κ2) is 9.62. The van der Waals surface area contributed by atoms with Crippen molar-refractivity contribution in [3.63, 3.8) is 0 Å². The van der Waals surface area contributed by atoms with Crippen LogP contribution in [0.3, 0.4) is 0 Å². The Morgan fingerprint density at radius 3 is 2.59 bits per heavy atom. The normalized spacial score (nSPS) is 16.7. The fourth-order valence-electron chi connectivity index (χ4n) is 4.85.